The van der Waals surface area contributed by atoms with Gasteiger partial charge in [-0.3, -0.25) is 10.1 Å². The molecule has 0 bridgehead atoms. The summed E-state index contributed by atoms with van der Waals surface area (Å²) in [7, 11) is -1.93. The third-order valence-corrected chi connectivity index (χ3v) is 5.66. The van der Waals surface area contributed by atoms with Crippen LogP contribution in [0.2, 0.25) is 0 Å². The molecule has 1 unspecified atom stereocenters. The third kappa shape index (κ3) is 3.78. The van der Waals surface area contributed by atoms with Gasteiger partial charge in [-0.05, 0) is 24.3 Å². The first kappa shape index (κ1) is 15.9. The molecule has 1 aromatic carbocycles. The molecule has 0 amide bonds. The van der Waals surface area contributed by atoms with Crippen LogP contribution in [0.1, 0.15) is 18.4 Å². The van der Waals surface area contributed by atoms with Crippen molar-refractivity contribution in [3.63, 3.8) is 0 Å². The summed E-state index contributed by atoms with van der Waals surface area (Å²) in [6.07, 6.45) is 2.03. The molecule has 0 saturated heterocycles. The van der Waals surface area contributed by atoms with Gasteiger partial charge in [0.2, 0.25) is 10.0 Å². The van der Waals surface area contributed by atoms with Gasteiger partial charge in [0.25, 0.3) is 5.69 Å². The molecule has 7 nitrogen and oxygen atoms in total. The Bertz CT molecular complexity index is 611. The molecule has 8 heteroatoms. The van der Waals surface area contributed by atoms with E-state index < -0.39 is 14.9 Å². The summed E-state index contributed by atoms with van der Waals surface area (Å²) >= 11 is 0. The van der Waals surface area contributed by atoms with Crippen molar-refractivity contribution in [1.29, 1.82) is 0 Å². The van der Waals surface area contributed by atoms with Crippen LogP contribution in [0, 0.1) is 16.0 Å². The highest BCUT2D eigenvalue weighted by atomic mass is 32.2. The molecule has 0 aromatic heterocycles. The quantitative estimate of drug-likeness (QED) is 0.599. The maximum Gasteiger partial charge on any atom is 0.269 e. The zero-order valence-corrected chi connectivity index (χ0v) is 12.6. The second-order valence-corrected chi connectivity index (χ2v) is 7.36. The van der Waals surface area contributed by atoms with E-state index in [0.29, 0.717) is 18.0 Å². The number of non-ortho nitro benzene ring substituents is 1. The molecule has 116 valence electrons. The summed E-state index contributed by atoms with van der Waals surface area (Å²) in [6, 6.07) is 5.40. The molecule has 0 spiro atoms. The molecule has 1 aromatic rings. The van der Waals surface area contributed by atoms with Gasteiger partial charge >= 0.3 is 0 Å². The lowest BCUT2D eigenvalue weighted by molar-refractivity contribution is -0.384. The van der Waals surface area contributed by atoms with Crippen LogP contribution in [0.15, 0.2) is 24.3 Å². The van der Waals surface area contributed by atoms with Crippen LogP contribution in [-0.2, 0) is 15.8 Å². The van der Waals surface area contributed by atoms with E-state index in [1.165, 1.54) is 28.6 Å². The second kappa shape index (κ2) is 6.08. The summed E-state index contributed by atoms with van der Waals surface area (Å²) < 4.78 is 26.1. The average Bonchev–Trinajstić information content (AvgIpc) is 3.24. The van der Waals surface area contributed by atoms with Gasteiger partial charge in [-0.2, -0.15) is 0 Å². The van der Waals surface area contributed by atoms with Crippen molar-refractivity contribution in [2.75, 3.05) is 13.6 Å². The predicted octanol–water partition coefficient (Wildman–Crippen LogP) is 1.09. The lowest BCUT2D eigenvalue weighted by Crippen LogP contribution is -2.43. The highest BCUT2D eigenvalue weighted by molar-refractivity contribution is 7.88. The molecule has 1 fully saturated rings. The normalized spacial score (nSPS) is 16.9. The SMILES string of the molecule is CN(C(CN)C1CC1)S(=O)(=O)Cc1ccc([N+](=O)[O-])cc1. The van der Waals surface area contributed by atoms with Crippen molar-refractivity contribution < 1.29 is 13.3 Å². The van der Waals surface area contributed by atoms with Crippen LogP contribution in [0.4, 0.5) is 5.69 Å². The number of benzene rings is 1. The molecule has 1 saturated carbocycles. The van der Waals surface area contributed by atoms with Crippen molar-refractivity contribution in [3.05, 3.63) is 39.9 Å². The minimum atomic E-state index is -3.48. The van der Waals surface area contributed by atoms with Gasteiger partial charge in [0.15, 0.2) is 0 Å². The van der Waals surface area contributed by atoms with Gasteiger partial charge in [-0.25, -0.2) is 12.7 Å². The number of rotatable bonds is 7. The lowest BCUT2D eigenvalue weighted by atomic mass is 10.2. The summed E-state index contributed by atoms with van der Waals surface area (Å²) in [6.45, 7) is 0.306. The fourth-order valence-corrected chi connectivity index (χ4v) is 3.84. The Labute approximate surface area is 123 Å². The summed E-state index contributed by atoms with van der Waals surface area (Å²) in [5, 5.41) is 10.6. The standard InChI is InChI=1S/C13H19N3O4S/c1-15(13(8-14)11-4-5-11)21(19,20)9-10-2-6-12(7-3-10)16(17)18/h2-3,6-7,11,13H,4-5,8-9,14H2,1H3. The highest BCUT2D eigenvalue weighted by Crippen LogP contribution is 2.35. The maximum atomic E-state index is 12.4. The zero-order chi connectivity index (χ0) is 15.6. The number of likely N-dealkylation sites (N-methyl/N-ethyl adjacent to an activating group) is 1. The predicted molar refractivity (Wildman–Crippen MR) is 79.0 cm³/mol. The van der Waals surface area contributed by atoms with Gasteiger partial charge in [-0.1, -0.05) is 12.1 Å². The highest BCUT2D eigenvalue weighted by Gasteiger charge is 2.37. The Morgan fingerprint density at radius 1 is 1.38 bits per heavy atom. The molecule has 0 radical (unpaired) electrons. The van der Waals surface area contributed by atoms with E-state index in [9.17, 15) is 18.5 Å². The molecule has 2 N–H and O–H groups in total. The average molecular weight is 313 g/mol. The second-order valence-electron chi connectivity index (χ2n) is 5.34. The maximum absolute atomic E-state index is 12.4. The summed E-state index contributed by atoms with van der Waals surface area (Å²) in [5.74, 6) is 0.177. The Kier molecular flexibility index (Phi) is 4.60. The molecule has 2 rings (SSSR count). The molecule has 1 atom stereocenters. The Morgan fingerprint density at radius 3 is 2.38 bits per heavy atom. The first-order chi connectivity index (χ1) is 9.85. The smallest absolute Gasteiger partial charge is 0.269 e. The van der Waals surface area contributed by atoms with E-state index in [1.54, 1.807) is 7.05 Å². The van der Waals surface area contributed by atoms with E-state index in [2.05, 4.69) is 0 Å². The van der Waals surface area contributed by atoms with Crippen LogP contribution in [-0.4, -0.2) is 37.3 Å². The molecule has 21 heavy (non-hydrogen) atoms. The van der Waals surface area contributed by atoms with E-state index >= 15 is 0 Å². The van der Waals surface area contributed by atoms with Crippen molar-refractivity contribution in [3.8, 4) is 0 Å². The molecule has 1 aliphatic carbocycles. The number of nitro groups is 1. The van der Waals surface area contributed by atoms with Crippen molar-refractivity contribution >= 4 is 15.7 Å². The summed E-state index contributed by atoms with van der Waals surface area (Å²) in [5.41, 5.74) is 6.15. The molecule has 1 aliphatic rings. The van der Waals surface area contributed by atoms with E-state index in [1.807, 2.05) is 0 Å². The monoisotopic (exact) mass is 313 g/mol. The first-order valence-electron chi connectivity index (χ1n) is 6.74. The fourth-order valence-electron chi connectivity index (χ4n) is 2.35. The van der Waals surface area contributed by atoms with Crippen LogP contribution < -0.4 is 5.73 Å². The Hall–Kier alpha value is -1.51. The first-order valence-corrected chi connectivity index (χ1v) is 8.35. The van der Waals surface area contributed by atoms with Crippen molar-refractivity contribution in [1.82, 2.24) is 4.31 Å². The Balaban J connectivity index is 2.10. The fraction of sp³-hybridized carbons (Fsp3) is 0.538. The van der Waals surface area contributed by atoms with Gasteiger partial charge in [0.1, 0.15) is 0 Å². The van der Waals surface area contributed by atoms with Gasteiger partial charge in [0.05, 0.1) is 10.7 Å². The van der Waals surface area contributed by atoms with Crippen molar-refractivity contribution in [2.24, 2.45) is 11.7 Å². The number of hydrogen-bond donors (Lipinski definition) is 1. The topological polar surface area (TPSA) is 107 Å². The minimum Gasteiger partial charge on any atom is -0.329 e. The number of hydrogen-bond acceptors (Lipinski definition) is 5. The zero-order valence-electron chi connectivity index (χ0n) is 11.8. The van der Waals surface area contributed by atoms with E-state index in [-0.39, 0.29) is 17.5 Å². The lowest BCUT2D eigenvalue weighted by Gasteiger charge is -2.26. The number of sulfonamides is 1. The van der Waals surface area contributed by atoms with Crippen LogP contribution in [0.3, 0.4) is 0 Å². The van der Waals surface area contributed by atoms with Gasteiger partial charge in [0, 0.05) is 31.8 Å². The number of nitrogens with zero attached hydrogens (tertiary/aromatic N) is 2. The van der Waals surface area contributed by atoms with Gasteiger partial charge < -0.3 is 5.73 Å². The summed E-state index contributed by atoms with van der Waals surface area (Å²) in [4.78, 5) is 10.1. The van der Waals surface area contributed by atoms with E-state index in [4.69, 9.17) is 5.73 Å². The van der Waals surface area contributed by atoms with Crippen LogP contribution in [0.5, 0.6) is 0 Å². The number of nitro benzene ring substituents is 1. The molecule has 0 aliphatic heterocycles. The van der Waals surface area contributed by atoms with Gasteiger partial charge in [-0.15, -0.1) is 0 Å². The Morgan fingerprint density at radius 2 is 1.95 bits per heavy atom. The molecular formula is C13H19N3O4S. The van der Waals surface area contributed by atoms with E-state index in [0.717, 1.165) is 12.8 Å². The van der Waals surface area contributed by atoms with Crippen molar-refractivity contribution in [2.45, 2.75) is 24.6 Å². The largest absolute Gasteiger partial charge is 0.329 e. The van der Waals surface area contributed by atoms with Crippen LogP contribution in [0.25, 0.3) is 0 Å². The minimum absolute atomic E-state index is 0.0534. The molecular weight excluding hydrogens is 294 g/mol. The number of nitrogens with two attached hydrogens (primary N) is 1. The van der Waals surface area contributed by atoms with Crippen LogP contribution >= 0.6 is 0 Å². The third-order valence-electron chi connectivity index (χ3n) is 3.81. The molecule has 0 heterocycles.